The van der Waals surface area contributed by atoms with E-state index in [4.69, 9.17) is 17.3 Å². The second-order valence-corrected chi connectivity index (χ2v) is 6.61. The molecular formula is C11H16ClNO2S. The Morgan fingerprint density at radius 3 is 2.50 bits per heavy atom. The summed E-state index contributed by atoms with van der Waals surface area (Å²) in [5, 5.41) is 0.198. The molecule has 0 saturated heterocycles. The first-order valence-electron chi connectivity index (χ1n) is 5.11. The molecule has 0 aliphatic heterocycles. The molecule has 90 valence electrons. The molecule has 0 bridgehead atoms. The monoisotopic (exact) mass is 261 g/mol. The molecule has 1 rings (SSSR count). The van der Waals surface area contributed by atoms with Crippen LogP contribution in [0.5, 0.6) is 0 Å². The second-order valence-electron chi connectivity index (χ2n) is 4.16. The van der Waals surface area contributed by atoms with Crippen LogP contribution in [0, 0.1) is 5.92 Å². The van der Waals surface area contributed by atoms with Crippen molar-refractivity contribution in [3.63, 3.8) is 0 Å². The van der Waals surface area contributed by atoms with Crippen LogP contribution >= 0.6 is 11.6 Å². The van der Waals surface area contributed by atoms with Crippen LogP contribution in [0.1, 0.15) is 20.3 Å². The summed E-state index contributed by atoms with van der Waals surface area (Å²) in [7, 11) is -3.37. The van der Waals surface area contributed by atoms with Gasteiger partial charge in [0.25, 0.3) is 0 Å². The first-order valence-corrected chi connectivity index (χ1v) is 7.14. The number of halogens is 1. The smallest absolute Gasteiger partial charge is 0.181 e. The van der Waals surface area contributed by atoms with Crippen molar-refractivity contribution in [1.82, 2.24) is 0 Å². The minimum atomic E-state index is -3.37. The van der Waals surface area contributed by atoms with Crippen molar-refractivity contribution in [2.45, 2.75) is 25.2 Å². The van der Waals surface area contributed by atoms with Crippen LogP contribution in [-0.2, 0) is 9.84 Å². The molecule has 0 radical (unpaired) electrons. The summed E-state index contributed by atoms with van der Waals surface area (Å²) in [5.41, 5.74) is 5.87. The van der Waals surface area contributed by atoms with E-state index in [1.54, 1.807) is 18.2 Å². The van der Waals surface area contributed by atoms with Gasteiger partial charge in [-0.05, 0) is 24.5 Å². The quantitative estimate of drug-likeness (QED) is 0.848. The molecule has 0 aliphatic rings. The number of hydrogen-bond acceptors (Lipinski definition) is 3. The largest absolute Gasteiger partial charge is 0.398 e. The van der Waals surface area contributed by atoms with Gasteiger partial charge in [0.05, 0.1) is 16.5 Å². The van der Waals surface area contributed by atoms with Crippen molar-refractivity contribution in [2.75, 3.05) is 11.5 Å². The zero-order valence-electron chi connectivity index (χ0n) is 9.40. The lowest BCUT2D eigenvalue weighted by molar-refractivity contribution is 0.574. The Bertz CT molecular complexity index is 449. The van der Waals surface area contributed by atoms with Crippen LogP contribution in [0.2, 0.25) is 5.02 Å². The molecule has 0 aliphatic carbocycles. The maximum absolute atomic E-state index is 12.0. The Morgan fingerprint density at radius 1 is 1.38 bits per heavy atom. The molecule has 0 aromatic heterocycles. The van der Waals surface area contributed by atoms with Gasteiger partial charge in [0.15, 0.2) is 9.84 Å². The highest BCUT2D eigenvalue weighted by Gasteiger charge is 2.21. The van der Waals surface area contributed by atoms with E-state index < -0.39 is 9.84 Å². The van der Waals surface area contributed by atoms with Crippen LogP contribution in [0.25, 0.3) is 0 Å². The first-order chi connectivity index (χ1) is 7.34. The van der Waals surface area contributed by atoms with Gasteiger partial charge in [-0.25, -0.2) is 8.42 Å². The first kappa shape index (κ1) is 13.3. The van der Waals surface area contributed by atoms with Gasteiger partial charge in [-0.15, -0.1) is 0 Å². The van der Waals surface area contributed by atoms with E-state index in [1.807, 2.05) is 13.8 Å². The van der Waals surface area contributed by atoms with Crippen LogP contribution < -0.4 is 5.73 Å². The van der Waals surface area contributed by atoms with Crippen LogP contribution in [0.3, 0.4) is 0 Å². The van der Waals surface area contributed by atoms with E-state index in [0.29, 0.717) is 12.3 Å². The van der Waals surface area contributed by atoms with E-state index in [-0.39, 0.29) is 21.4 Å². The Morgan fingerprint density at radius 2 is 2.00 bits per heavy atom. The average Bonchev–Trinajstić information content (AvgIpc) is 2.14. The molecule has 1 aromatic carbocycles. The lowest BCUT2D eigenvalue weighted by atomic mass is 10.2. The summed E-state index contributed by atoms with van der Waals surface area (Å²) in [6.45, 7) is 3.96. The van der Waals surface area contributed by atoms with Gasteiger partial charge in [0.2, 0.25) is 0 Å². The molecule has 0 atom stereocenters. The highest BCUT2D eigenvalue weighted by Crippen LogP contribution is 2.28. The topological polar surface area (TPSA) is 60.2 Å². The maximum Gasteiger partial charge on any atom is 0.181 e. The normalized spacial score (nSPS) is 12.0. The third-order valence-electron chi connectivity index (χ3n) is 2.27. The number of anilines is 1. The van der Waals surface area contributed by atoms with E-state index in [9.17, 15) is 8.42 Å². The van der Waals surface area contributed by atoms with Crippen molar-refractivity contribution < 1.29 is 8.42 Å². The second kappa shape index (κ2) is 5.06. The van der Waals surface area contributed by atoms with Crippen molar-refractivity contribution in [1.29, 1.82) is 0 Å². The van der Waals surface area contributed by atoms with Gasteiger partial charge in [-0.1, -0.05) is 31.5 Å². The lowest BCUT2D eigenvalue weighted by Gasteiger charge is -2.10. The van der Waals surface area contributed by atoms with E-state index in [1.165, 1.54) is 0 Å². The molecule has 0 heterocycles. The molecule has 0 amide bonds. The van der Waals surface area contributed by atoms with Gasteiger partial charge in [-0.3, -0.25) is 0 Å². The predicted octanol–water partition coefficient (Wildman–Crippen LogP) is 2.74. The molecule has 0 spiro atoms. The summed E-state index contributed by atoms with van der Waals surface area (Å²) in [6, 6.07) is 4.73. The standard InChI is InChI=1S/C11H16ClNO2S/c1-8(2)6-7-16(14,15)11-9(12)4-3-5-10(11)13/h3-5,8H,6-7,13H2,1-2H3. The number of nitrogen functional groups attached to an aromatic ring is 1. The Hall–Kier alpha value is -0.740. The minimum absolute atomic E-state index is 0.0670. The SMILES string of the molecule is CC(C)CCS(=O)(=O)c1c(N)cccc1Cl. The summed E-state index contributed by atoms with van der Waals surface area (Å²) < 4.78 is 24.0. The molecule has 0 fully saturated rings. The summed E-state index contributed by atoms with van der Waals surface area (Å²) in [4.78, 5) is 0.0670. The molecule has 5 heteroatoms. The molecule has 2 N–H and O–H groups in total. The fourth-order valence-corrected chi connectivity index (χ4v) is 3.66. The Balaban J connectivity index is 3.08. The van der Waals surface area contributed by atoms with Crippen LogP contribution in [-0.4, -0.2) is 14.2 Å². The Kier molecular flexibility index (Phi) is 4.21. The predicted molar refractivity (Wildman–Crippen MR) is 67.4 cm³/mol. The third-order valence-corrected chi connectivity index (χ3v) is 4.55. The molecule has 0 unspecified atom stereocenters. The minimum Gasteiger partial charge on any atom is -0.398 e. The number of benzene rings is 1. The number of rotatable bonds is 4. The molecule has 1 aromatic rings. The summed E-state index contributed by atoms with van der Waals surface area (Å²) in [6.07, 6.45) is 0.604. The lowest BCUT2D eigenvalue weighted by Crippen LogP contribution is -2.11. The van der Waals surface area contributed by atoms with Gasteiger partial charge < -0.3 is 5.73 Å². The Labute approximate surface area is 102 Å². The third kappa shape index (κ3) is 3.12. The van der Waals surface area contributed by atoms with Crippen molar-refractivity contribution in [3.8, 4) is 0 Å². The molecule has 0 saturated carbocycles. The average molecular weight is 262 g/mol. The fourth-order valence-electron chi connectivity index (χ4n) is 1.35. The zero-order chi connectivity index (χ0) is 12.3. The van der Waals surface area contributed by atoms with E-state index >= 15 is 0 Å². The number of sulfone groups is 1. The highest BCUT2D eigenvalue weighted by molar-refractivity contribution is 7.91. The molecule has 3 nitrogen and oxygen atoms in total. The van der Waals surface area contributed by atoms with Crippen LogP contribution in [0.4, 0.5) is 5.69 Å². The highest BCUT2D eigenvalue weighted by atomic mass is 35.5. The zero-order valence-corrected chi connectivity index (χ0v) is 11.0. The van der Waals surface area contributed by atoms with Gasteiger partial charge in [-0.2, -0.15) is 0 Å². The summed E-state index contributed by atoms with van der Waals surface area (Å²) >= 11 is 5.87. The fraction of sp³-hybridized carbons (Fsp3) is 0.455. The van der Waals surface area contributed by atoms with Gasteiger partial charge in [0.1, 0.15) is 4.90 Å². The van der Waals surface area contributed by atoms with Crippen molar-refractivity contribution >= 4 is 27.1 Å². The van der Waals surface area contributed by atoms with Crippen molar-refractivity contribution in [2.24, 2.45) is 5.92 Å². The van der Waals surface area contributed by atoms with Crippen molar-refractivity contribution in [3.05, 3.63) is 23.2 Å². The number of hydrogen-bond donors (Lipinski definition) is 1. The molecular weight excluding hydrogens is 246 g/mol. The summed E-state index contributed by atoms with van der Waals surface area (Å²) in [5.74, 6) is 0.414. The van der Waals surface area contributed by atoms with Crippen LogP contribution in [0.15, 0.2) is 23.1 Å². The van der Waals surface area contributed by atoms with Gasteiger partial charge >= 0.3 is 0 Å². The van der Waals surface area contributed by atoms with E-state index in [0.717, 1.165) is 0 Å². The van der Waals surface area contributed by atoms with E-state index in [2.05, 4.69) is 0 Å². The number of nitrogens with two attached hydrogens (primary N) is 1. The van der Waals surface area contributed by atoms with Gasteiger partial charge in [0, 0.05) is 0 Å². The molecule has 16 heavy (non-hydrogen) atoms. The maximum atomic E-state index is 12.0.